The fourth-order valence-corrected chi connectivity index (χ4v) is 0.516. The monoisotopic (exact) mass is 252 g/mol. The summed E-state index contributed by atoms with van der Waals surface area (Å²) in [5, 5.41) is 4.83. The van der Waals surface area contributed by atoms with Crippen LogP contribution in [0, 0.1) is 0 Å². The average molecular weight is 253 g/mol. The van der Waals surface area contributed by atoms with E-state index in [9.17, 15) is 13.2 Å². The average Bonchev–Trinajstić information content (AvgIpc) is 1.81. The number of hydrogen-bond acceptors (Lipinski definition) is 1. The van der Waals surface area contributed by atoms with Gasteiger partial charge in [-0.15, -0.1) is 0 Å². The first-order valence-corrected chi connectivity index (χ1v) is 3.71. The summed E-state index contributed by atoms with van der Waals surface area (Å²) in [7, 11) is 0. The van der Waals surface area contributed by atoms with Gasteiger partial charge in [0.25, 0.3) is 5.13 Å². The van der Waals surface area contributed by atoms with Crippen LogP contribution in [0.25, 0.3) is 0 Å². The van der Waals surface area contributed by atoms with Crippen molar-refractivity contribution in [3.8, 4) is 0 Å². The summed E-state index contributed by atoms with van der Waals surface area (Å²) < 4.78 is 36.8. The third-order valence-corrected chi connectivity index (χ3v) is 1.98. The van der Waals surface area contributed by atoms with E-state index in [-0.39, 0.29) is 0 Å². The standard InChI is InChI=1S/C5H5BrClF3O/c6-5(9,10)4(7,8)2-1-3-11/h1-2,11H,3H2/b2-1-/t4-/m1/s1. The Labute approximate surface area is 75.0 Å². The number of rotatable bonds is 3. The second-order valence-electron chi connectivity index (χ2n) is 1.71. The molecule has 66 valence electrons. The summed E-state index contributed by atoms with van der Waals surface area (Å²) in [5.41, 5.74) is 0. The molecule has 0 saturated carbocycles. The van der Waals surface area contributed by atoms with E-state index in [1.165, 1.54) is 0 Å². The minimum absolute atomic E-state index is 0.378. The molecule has 0 aromatic heterocycles. The van der Waals surface area contributed by atoms with Crippen molar-refractivity contribution in [1.29, 1.82) is 0 Å². The van der Waals surface area contributed by atoms with Gasteiger partial charge < -0.3 is 5.11 Å². The van der Waals surface area contributed by atoms with Gasteiger partial charge in [0.2, 0.25) is 0 Å². The Hall–Kier alpha value is 0.260. The molecule has 0 bridgehead atoms. The van der Waals surface area contributed by atoms with Gasteiger partial charge in [0, 0.05) is 0 Å². The van der Waals surface area contributed by atoms with Gasteiger partial charge in [-0.3, -0.25) is 0 Å². The number of halogens is 5. The largest absolute Gasteiger partial charge is 0.392 e. The molecule has 0 fully saturated rings. The highest BCUT2D eigenvalue weighted by molar-refractivity contribution is 9.10. The Bertz CT molecular complexity index is 154. The molecular formula is C5H5BrClF3O. The normalized spacial score (nSPS) is 18.7. The summed E-state index contributed by atoms with van der Waals surface area (Å²) >= 11 is 6.49. The van der Waals surface area contributed by atoms with Crippen LogP contribution in [0.15, 0.2) is 12.2 Å². The zero-order chi connectivity index (χ0) is 9.12. The van der Waals surface area contributed by atoms with E-state index in [1.54, 1.807) is 15.9 Å². The van der Waals surface area contributed by atoms with Crippen molar-refractivity contribution < 1.29 is 18.3 Å². The third kappa shape index (κ3) is 3.44. The summed E-state index contributed by atoms with van der Waals surface area (Å²) in [6, 6.07) is 0. The molecule has 1 atom stereocenters. The number of allylic oxidation sites excluding steroid dienone is 1. The van der Waals surface area contributed by atoms with Crippen molar-refractivity contribution in [2.24, 2.45) is 0 Å². The van der Waals surface area contributed by atoms with Crippen molar-refractivity contribution in [2.45, 2.75) is 9.96 Å². The smallest absolute Gasteiger partial charge is 0.352 e. The summed E-state index contributed by atoms with van der Waals surface area (Å²) in [6.07, 6.45) is 1.17. The molecule has 0 saturated heterocycles. The first-order chi connectivity index (χ1) is 4.81. The third-order valence-electron chi connectivity index (χ3n) is 0.811. The lowest BCUT2D eigenvalue weighted by atomic mass is 10.3. The maximum absolute atomic E-state index is 12.6. The molecule has 0 rings (SSSR count). The van der Waals surface area contributed by atoms with Crippen LogP contribution in [0.3, 0.4) is 0 Å². The van der Waals surface area contributed by atoms with Crippen LogP contribution in [0.5, 0.6) is 0 Å². The first-order valence-electron chi connectivity index (χ1n) is 2.54. The van der Waals surface area contributed by atoms with Crippen molar-refractivity contribution in [3.63, 3.8) is 0 Å². The lowest BCUT2D eigenvalue weighted by Crippen LogP contribution is -2.31. The molecule has 0 aliphatic heterocycles. The minimum Gasteiger partial charge on any atom is -0.392 e. The fraction of sp³-hybridized carbons (Fsp3) is 0.600. The van der Waals surface area contributed by atoms with Crippen molar-refractivity contribution in [1.82, 2.24) is 0 Å². The van der Waals surface area contributed by atoms with Crippen molar-refractivity contribution in [3.05, 3.63) is 12.2 Å². The highest BCUT2D eigenvalue weighted by Gasteiger charge is 2.49. The van der Waals surface area contributed by atoms with Gasteiger partial charge in [-0.1, -0.05) is 17.7 Å². The summed E-state index contributed by atoms with van der Waals surface area (Å²) in [4.78, 5) is -3.84. The number of hydrogen-bond donors (Lipinski definition) is 1. The van der Waals surface area contributed by atoms with Crippen LogP contribution in [-0.4, -0.2) is 21.7 Å². The maximum atomic E-state index is 12.6. The van der Waals surface area contributed by atoms with E-state index in [0.29, 0.717) is 6.08 Å². The Morgan fingerprint density at radius 2 is 1.91 bits per heavy atom. The molecule has 0 amide bonds. The van der Waals surface area contributed by atoms with Gasteiger partial charge in [0.1, 0.15) is 0 Å². The van der Waals surface area contributed by atoms with Gasteiger partial charge in [-0.05, 0) is 22.0 Å². The second-order valence-corrected chi connectivity index (χ2v) is 3.25. The highest BCUT2D eigenvalue weighted by Crippen LogP contribution is 2.42. The zero-order valence-corrected chi connectivity index (χ0v) is 7.54. The molecule has 1 N–H and O–H groups in total. The van der Waals surface area contributed by atoms with E-state index in [0.717, 1.165) is 6.08 Å². The van der Waals surface area contributed by atoms with Crippen LogP contribution in [0.4, 0.5) is 13.2 Å². The van der Waals surface area contributed by atoms with Gasteiger partial charge in [0.15, 0.2) is 0 Å². The van der Waals surface area contributed by atoms with Crippen LogP contribution in [0.2, 0.25) is 0 Å². The lowest BCUT2D eigenvalue weighted by molar-refractivity contribution is 0.0216. The van der Waals surface area contributed by atoms with Crippen LogP contribution >= 0.6 is 27.5 Å². The summed E-state index contributed by atoms with van der Waals surface area (Å²) in [6.45, 7) is -0.540. The second kappa shape index (κ2) is 3.78. The topological polar surface area (TPSA) is 20.2 Å². The molecule has 0 spiro atoms. The van der Waals surface area contributed by atoms with Gasteiger partial charge in [0.05, 0.1) is 6.61 Å². The first kappa shape index (κ1) is 11.3. The van der Waals surface area contributed by atoms with E-state index >= 15 is 0 Å². The van der Waals surface area contributed by atoms with Crippen molar-refractivity contribution >= 4 is 27.5 Å². The molecule has 0 aromatic rings. The van der Waals surface area contributed by atoms with Crippen LogP contribution < -0.4 is 0 Å². The van der Waals surface area contributed by atoms with Crippen LogP contribution in [-0.2, 0) is 0 Å². The molecule has 1 nitrogen and oxygen atoms in total. The molecular weight excluding hydrogens is 248 g/mol. The molecule has 0 aliphatic carbocycles. The molecule has 0 radical (unpaired) electrons. The Morgan fingerprint density at radius 1 is 1.45 bits per heavy atom. The van der Waals surface area contributed by atoms with Gasteiger partial charge >= 0.3 is 4.83 Å². The number of alkyl halides is 5. The molecule has 0 heterocycles. The molecule has 0 unspecified atom stereocenters. The van der Waals surface area contributed by atoms with E-state index in [4.69, 9.17) is 16.7 Å². The van der Waals surface area contributed by atoms with E-state index < -0.39 is 16.6 Å². The SMILES string of the molecule is OC/C=C\[C@](F)(Cl)C(F)(F)Br. The Balaban J connectivity index is 4.34. The quantitative estimate of drug-likeness (QED) is 0.605. The fourth-order valence-electron chi connectivity index (χ4n) is 0.295. The molecule has 0 aliphatic rings. The van der Waals surface area contributed by atoms with Gasteiger partial charge in [-0.2, -0.15) is 8.78 Å². The maximum Gasteiger partial charge on any atom is 0.352 e. The number of aliphatic hydroxyl groups excluding tert-OH is 1. The number of aliphatic hydroxyl groups is 1. The lowest BCUT2D eigenvalue weighted by Gasteiger charge is -2.18. The van der Waals surface area contributed by atoms with E-state index in [1.807, 2.05) is 0 Å². The Morgan fingerprint density at radius 3 is 2.18 bits per heavy atom. The molecule has 11 heavy (non-hydrogen) atoms. The zero-order valence-electron chi connectivity index (χ0n) is 5.20. The van der Waals surface area contributed by atoms with Crippen LogP contribution in [0.1, 0.15) is 0 Å². The van der Waals surface area contributed by atoms with Crippen molar-refractivity contribution in [2.75, 3.05) is 6.61 Å². The predicted molar refractivity (Wildman–Crippen MR) is 39.8 cm³/mol. The highest BCUT2D eigenvalue weighted by atomic mass is 79.9. The van der Waals surface area contributed by atoms with Gasteiger partial charge in [-0.25, -0.2) is 4.39 Å². The molecule has 0 aromatic carbocycles. The van der Waals surface area contributed by atoms with E-state index in [2.05, 4.69) is 0 Å². The molecule has 6 heteroatoms. The minimum atomic E-state index is -3.84. The predicted octanol–water partition coefficient (Wildman–Crippen LogP) is 2.43. The summed E-state index contributed by atoms with van der Waals surface area (Å²) in [5.74, 6) is 0. The Kier molecular flexibility index (Phi) is 3.87.